The Hall–Kier alpha value is -2.08. The van der Waals surface area contributed by atoms with Gasteiger partial charge in [-0.15, -0.1) is 0 Å². The quantitative estimate of drug-likeness (QED) is 0.855. The first-order valence-electron chi connectivity index (χ1n) is 7.94. The van der Waals surface area contributed by atoms with Gasteiger partial charge in [0.25, 0.3) is 5.91 Å². The van der Waals surface area contributed by atoms with Crippen molar-refractivity contribution >= 4 is 11.7 Å². The summed E-state index contributed by atoms with van der Waals surface area (Å²) < 4.78 is 7.30. The summed E-state index contributed by atoms with van der Waals surface area (Å²) in [6.45, 7) is 2.38. The molecule has 0 bridgehead atoms. The van der Waals surface area contributed by atoms with Crippen molar-refractivity contribution < 1.29 is 14.5 Å². The number of carbonyl (C=O) groups excluding carboxylic acids is 1. The minimum atomic E-state index is -0.0156. The summed E-state index contributed by atoms with van der Waals surface area (Å²) in [5.74, 6) is 1.66. The lowest BCUT2D eigenvalue weighted by molar-refractivity contribution is -0.684. The SMILES string of the molecule is C[C@@H]([NH2+]CC(=O)Nc1ccnn1C1CCCC1)c1ccco1. The number of hydrogen-bond acceptors (Lipinski definition) is 3. The van der Waals surface area contributed by atoms with Crippen LogP contribution in [0.5, 0.6) is 0 Å². The summed E-state index contributed by atoms with van der Waals surface area (Å²) >= 11 is 0. The van der Waals surface area contributed by atoms with Crippen molar-refractivity contribution in [2.75, 3.05) is 11.9 Å². The van der Waals surface area contributed by atoms with Crippen LogP contribution in [-0.4, -0.2) is 22.2 Å². The highest BCUT2D eigenvalue weighted by atomic mass is 16.3. The summed E-state index contributed by atoms with van der Waals surface area (Å²) in [5.41, 5.74) is 0. The van der Waals surface area contributed by atoms with E-state index in [2.05, 4.69) is 10.4 Å². The van der Waals surface area contributed by atoms with Gasteiger partial charge in [0.15, 0.2) is 12.3 Å². The minimum Gasteiger partial charge on any atom is -0.463 e. The van der Waals surface area contributed by atoms with Crippen molar-refractivity contribution in [2.45, 2.75) is 44.7 Å². The Bertz CT molecular complexity index is 599. The largest absolute Gasteiger partial charge is 0.463 e. The lowest BCUT2D eigenvalue weighted by Gasteiger charge is -2.14. The predicted octanol–water partition coefficient (Wildman–Crippen LogP) is 1.85. The molecule has 1 saturated carbocycles. The molecule has 22 heavy (non-hydrogen) atoms. The van der Waals surface area contributed by atoms with Gasteiger partial charge in [0.05, 0.1) is 18.5 Å². The third-order valence-electron chi connectivity index (χ3n) is 4.26. The van der Waals surface area contributed by atoms with Crippen LogP contribution in [0.25, 0.3) is 0 Å². The normalized spacial score (nSPS) is 16.8. The Morgan fingerprint density at radius 2 is 2.32 bits per heavy atom. The lowest BCUT2D eigenvalue weighted by Crippen LogP contribution is -2.86. The fraction of sp³-hybridized carbons (Fsp3) is 0.500. The molecule has 3 rings (SSSR count). The van der Waals surface area contributed by atoms with Gasteiger partial charge in [0.2, 0.25) is 0 Å². The van der Waals surface area contributed by atoms with E-state index >= 15 is 0 Å². The molecule has 0 aliphatic heterocycles. The number of hydrogen-bond donors (Lipinski definition) is 2. The highest BCUT2D eigenvalue weighted by Gasteiger charge is 2.21. The van der Waals surface area contributed by atoms with Gasteiger partial charge in [-0.05, 0) is 31.9 Å². The van der Waals surface area contributed by atoms with Gasteiger partial charge in [0, 0.05) is 6.07 Å². The van der Waals surface area contributed by atoms with Crippen LogP contribution in [0.2, 0.25) is 0 Å². The van der Waals surface area contributed by atoms with E-state index in [-0.39, 0.29) is 11.9 Å². The molecule has 118 valence electrons. The van der Waals surface area contributed by atoms with Crippen LogP contribution in [-0.2, 0) is 4.79 Å². The number of nitrogens with two attached hydrogens (primary N) is 1. The van der Waals surface area contributed by atoms with E-state index in [9.17, 15) is 4.79 Å². The van der Waals surface area contributed by atoms with Crippen molar-refractivity contribution in [1.82, 2.24) is 9.78 Å². The van der Waals surface area contributed by atoms with Crippen molar-refractivity contribution in [1.29, 1.82) is 0 Å². The average Bonchev–Trinajstić information content (AvgIpc) is 3.24. The van der Waals surface area contributed by atoms with Crippen LogP contribution in [0.3, 0.4) is 0 Å². The molecule has 1 fully saturated rings. The Morgan fingerprint density at radius 3 is 3.05 bits per heavy atom. The molecular weight excluding hydrogens is 280 g/mol. The highest BCUT2D eigenvalue weighted by Crippen LogP contribution is 2.31. The molecule has 3 N–H and O–H groups in total. The second-order valence-corrected chi connectivity index (χ2v) is 5.89. The van der Waals surface area contributed by atoms with E-state index in [0.29, 0.717) is 12.6 Å². The molecule has 0 saturated heterocycles. The maximum atomic E-state index is 12.1. The van der Waals surface area contributed by atoms with E-state index in [1.807, 2.05) is 35.1 Å². The van der Waals surface area contributed by atoms with Gasteiger partial charge in [-0.25, -0.2) is 4.68 Å². The summed E-state index contributed by atoms with van der Waals surface area (Å²) in [6, 6.07) is 6.21. The standard InChI is InChI=1S/C16H22N4O2/c1-12(14-7-4-10-22-14)17-11-16(21)19-15-8-9-18-20(15)13-5-2-3-6-13/h4,7-10,12-13,17H,2-3,5-6,11H2,1H3,(H,19,21)/p+1/t12-/m1/s1. The Balaban J connectivity index is 1.53. The van der Waals surface area contributed by atoms with Crippen molar-refractivity contribution in [2.24, 2.45) is 0 Å². The molecular formula is C16H23N4O2+. The van der Waals surface area contributed by atoms with Crippen LogP contribution in [0, 0.1) is 0 Å². The zero-order chi connectivity index (χ0) is 15.4. The molecule has 0 unspecified atom stereocenters. The molecule has 1 amide bonds. The fourth-order valence-electron chi connectivity index (χ4n) is 3.00. The molecule has 2 heterocycles. The molecule has 6 nitrogen and oxygen atoms in total. The topological polar surface area (TPSA) is 76.7 Å². The van der Waals surface area contributed by atoms with Gasteiger partial charge < -0.3 is 15.1 Å². The molecule has 1 atom stereocenters. The maximum Gasteiger partial charge on any atom is 0.280 e. The third-order valence-corrected chi connectivity index (χ3v) is 4.26. The lowest BCUT2D eigenvalue weighted by atomic mass is 10.2. The Kier molecular flexibility index (Phi) is 4.58. The van der Waals surface area contributed by atoms with Gasteiger partial charge in [-0.3, -0.25) is 4.79 Å². The number of quaternary nitrogens is 1. The van der Waals surface area contributed by atoms with Crippen LogP contribution < -0.4 is 10.6 Å². The molecule has 2 aromatic rings. The number of carbonyl (C=O) groups is 1. The summed E-state index contributed by atoms with van der Waals surface area (Å²) in [5, 5.41) is 9.29. The van der Waals surface area contributed by atoms with Gasteiger partial charge in [0.1, 0.15) is 11.9 Å². The first-order chi connectivity index (χ1) is 10.7. The first kappa shape index (κ1) is 14.8. The molecule has 0 radical (unpaired) electrons. The number of furan rings is 1. The molecule has 0 spiro atoms. The van der Waals surface area contributed by atoms with E-state index in [1.165, 1.54) is 12.8 Å². The van der Waals surface area contributed by atoms with Crippen molar-refractivity contribution in [3.63, 3.8) is 0 Å². The van der Waals surface area contributed by atoms with Crippen LogP contribution >= 0.6 is 0 Å². The second kappa shape index (κ2) is 6.79. The molecule has 2 aromatic heterocycles. The van der Waals surface area contributed by atoms with Crippen molar-refractivity contribution in [3.05, 3.63) is 36.4 Å². The van der Waals surface area contributed by atoms with Crippen LogP contribution in [0.1, 0.15) is 50.5 Å². The average molecular weight is 303 g/mol. The van der Waals surface area contributed by atoms with Gasteiger partial charge in [-0.2, -0.15) is 5.10 Å². The predicted molar refractivity (Wildman–Crippen MR) is 82.3 cm³/mol. The molecule has 6 heteroatoms. The third kappa shape index (κ3) is 3.39. The Morgan fingerprint density at radius 1 is 1.50 bits per heavy atom. The highest BCUT2D eigenvalue weighted by molar-refractivity contribution is 5.90. The number of aromatic nitrogens is 2. The molecule has 0 aromatic carbocycles. The fourth-order valence-corrected chi connectivity index (χ4v) is 3.00. The smallest absolute Gasteiger partial charge is 0.280 e. The van der Waals surface area contributed by atoms with Crippen molar-refractivity contribution in [3.8, 4) is 0 Å². The monoisotopic (exact) mass is 303 g/mol. The van der Waals surface area contributed by atoms with Gasteiger partial charge in [-0.1, -0.05) is 12.8 Å². The number of nitrogens with one attached hydrogen (secondary N) is 1. The van der Waals surface area contributed by atoms with E-state index in [1.54, 1.807) is 12.5 Å². The Labute approximate surface area is 129 Å². The maximum absolute atomic E-state index is 12.1. The van der Waals surface area contributed by atoms with E-state index in [0.717, 1.165) is 24.4 Å². The van der Waals surface area contributed by atoms with E-state index < -0.39 is 0 Å². The second-order valence-electron chi connectivity index (χ2n) is 5.89. The summed E-state index contributed by atoms with van der Waals surface area (Å²) in [7, 11) is 0. The zero-order valence-corrected chi connectivity index (χ0v) is 12.9. The zero-order valence-electron chi connectivity index (χ0n) is 12.9. The number of nitrogens with zero attached hydrogens (tertiary/aromatic N) is 2. The minimum absolute atomic E-state index is 0.0156. The van der Waals surface area contributed by atoms with Crippen LogP contribution in [0.15, 0.2) is 35.1 Å². The summed E-state index contributed by atoms with van der Waals surface area (Å²) in [6.07, 6.45) is 8.18. The first-order valence-corrected chi connectivity index (χ1v) is 7.94. The number of rotatable bonds is 6. The number of anilines is 1. The van der Waals surface area contributed by atoms with Crippen LogP contribution in [0.4, 0.5) is 5.82 Å². The molecule has 1 aliphatic carbocycles. The molecule has 1 aliphatic rings. The van der Waals surface area contributed by atoms with Gasteiger partial charge >= 0.3 is 0 Å². The van der Waals surface area contributed by atoms with E-state index in [4.69, 9.17) is 4.42 Å². The number of amides is 1. The summed E-state index contributed by atoms with van der Waals surface area (Å²) in [4.78, 5) is 12.1.